The lowest BCUT2D eigenvalue weighted by Crippen LogP contribution is -2.27. The average molecular weight is 368 g/mol. The zero-order chi connectivity index (χ0) is 18.1. The van der Waals surface area contributed by atoms with Crippen LogP contribution in [0.3, 0.4) is 0 Å². The predicted octanol–water partition coefficient (Wildman–Crippen LogP) is 3.11. The van der Waals surface area contributed by atoms with Gasteiger partial charge >= 0.3 is 5.63 Å². The summed E-state index contributed by atoms with van der Waals surface area (Å²) >= 11 is 5.95. The summed E-state index contributed by atoms with van der Waals surface area (Å²) in [5, 5.41) is 8.73. The van der Waals surface area contributed by atoms with Gasteiger partial charge < -0.3 is 9.73 Å². The van der Waals surface area contributed by atoms with Crippen LogP contribution in [0.5, 0.6) is 0 Å². The van der Waals surface area contributed by atoms with Crippen LogP contribution in [0.2, 0.25) is 5.02 Å². The average Bonchev–Trinajstić information content (AvgIpc) is 3.05. The van der Waals surface area contributed by atoms with E-state index in [9.17, 15) is 9.59 Å². The monoisotopic (exact) mass is 367 g/mol. The van der Waals surface area contributed by atoms with Gasteiger partial charge in [-0.15, -0.1) is 0 Å². The number of amides is 1. The molecule has 2 aromatic heterocycles. The zero-order valence-electron chi connectivity index (χ0n) is 13.6. The lowest BCUT2D eigenvalue weighted by Gasteiger charge is -2.08. The predicted molar refractivity (Wildman–Crippen MR) is 99.1 cm³/mol. The van der Waals surface area contributed by atoms with Crippen molar-refractivity contribution in [3.63, 3.8) is 0 Å². The van der Waals surface area contributed by atoms with Gasteiger partial charge in [0.25, 0.3) is 0 Å². The van der Waals surface area contributed by atoms with Crippen LogP contribution in [0, 0.1) is 0 Å². The molecular formula is C19H14ClN3O3. The summed E-state index contributed by atoms with van der Waals surface area (Å²) in [5.41, 5.74) is 1.49. The lowest BCUT2D eigenvalue weighted by molar-refractivity contribution is -0.121. The van der Waals surface area contributed by atoms with Crippen LogP contribution in [0.25, 0.3) is 21.9 Å². The Morgan fingerprint density at radius 3 is 2.85 bits per heavy atom. The number of nitrogens with one attached hydrogen (secondary N) is 1. The Bertz CT molecular complexity index is 1180. The molecule has 4 aromatic rings. The van der Waals surface area contributed by atoms with Gasteiger partial charge in [-0.3, -0.25) is 9.48 Å². The third-order valence-corrected chi connectivity index (χ3v) is 4.31. The van der Waals surface area contributed by atoms with Gasteiger partial charge in [-0.05, 0) is 29.8 Å². The van der Waals surface area contributed by atoms with E-state index in [-0.39, 0.29) is 12.5 Å². The lowest BCUT2D eigenvalue weighted by atomic mass is 10.2. The molecule has 2 aromatic carbocycles. The summed E-state index contributed by atoms with van der Waals surface area (Å²) in [6.45, 7) is 0.360. The Kier molecular flexibility index (Phi) is 4.18. The molecule has 0 saturated carbocycles. The molecule has 0 fully saturated rings. The number of rotatable bonds is 4. The largest absolute Gasteiger partial charge is 0.422 e. The summed E-state index contributed by atoms with van der Waals surface area (Å²) in [6.07, 6.45) is 1.43. The maximum Gasteiger partial charge on any atom is 0.347 e. The van der Waals surface area contributed by atoms with Crippen LogP contribution in [-0.4, -0.2) is 15.7 Å². The minimum atomic E-state index is -0.468. The van der Waals surface area contributed by atoms with E-state index in [1.807, 2.05) is 24.3 Å². The Hall–Kier alpha value is -3.12. The van der Waals surface area contributed by atoms with Gasteiger partial charge in [0.15, 0.2) is 0 Å². The topological polar surface area (TPSA) is 77.1 Å². The number of carbonyl (C=O) groups is 1. The molecule has 0 unspecified atom stereocenters. The molecule has 0 atom stereocenters. The van der Waals surface area contributed by atoms with E-state index in [1.54, 1.807) is 24.3 Å². The van der Waals surface area contributed by atoms with Crippen molar-refractivity contribution in [1.29, 1.82) is 0 Å². The van der Waals surface area contributed by atoms with Crippen LogP contribution in [0.15, 0.2) is 63.9 Å². The maximum atomic E-state index is 12.3. The fourth-order valence-corrected chi connectivity index (χ4v) is 3.10. The first-order valence-electron chi connectivity index (χ1n) is 8.00. The summed E-state index contributed by atoms with van der Waals surface area (Å²) < 4.78 is 6.80. The third-order valence-electron chi connectivity index (χ3n) is 4.08. The second kappa shape index (κ2) is 6.65. The zero-order valence-corrected chi connectivity index (χ0v) is 14.4. The number of carbonyl (C=O) groups excluding carboxylic acids is 1. The normalized spacial score (nSPS) is 11.1. The third kappa shape index (κ3) is 3.07. The van der Waals surface area contributed by atoms with Crippen LogP contribution >= 0.6 is 11.6 Å². The molecule has 130 valence electrons. The minimum Gasteiger partial charge on any atom is -0.422 e. The van der Waals surface area contributed by atoms with Crippen molar-refractivity contribution < 1.29 is 9.21 Å². The van der Waals surface area contributed by atoms with Gasteiger partial charge in [0, 0.05) is 17.0 Å². The van der Waals surface area contributed by atoms with Crippen molar-refractivity contribution in [2.45, 2.75) is 13.1 Å². The summed E-state index contributed by atoms with van der Waals surface area (Å²) in [7, 11) is 0. The van der Waals surface area contributed by atoms with Crippen molar-refractivity contribution in [2.24, 2.45) is 0 Å². The van der Waals surface area contributed by atoms with E-state index in [1.165, 1.54) is 10.9 Å². The number of halogens is 1. The fourth-order valence-electron chi connectivity index (χ4n) is 2.88. The highest BCUT2D eigenvalue weighted by Crippen LogP contribution is 2.22. The van der Waals surface area contributed by atoms with E-state index >= 15 is 0 Å². The maximum absolute atomic E-state index is 12.3. The number of fused-ring (bicyclic) bond motifs is 3. The Labute approximate surface area is 153 Å². The molecule has 26 heavy (non-hydrogen) atoms. The number of para-hydroxylation sites is 1. The quantitative estimate of drug-likeness (QED) is 0.562. The highest BCUT2D eigenvalue weighted by Gasteiger charge is 2.14. The first-order valence-corrected chi connectivity index (χ1v) is 8.38. The summed E-state index contributed by atoms with van der Waals surface area (Å²) in [5.74, 6) is -0.215. The molecule has 4 rings (SSSR count). The van der Waals surface area contributed by atoms with Crippen molar-refractivity contribution in [3.8, 4) is 0 Å². The van der Waals surface area contributed by atoms with Crippen LogP contribution in [-0.2, 0) is 17.9 Å². The number of aromatic nitrogens is 2. The highest BCUT2D eigenvalue weighted by molar-refractivity contribution is 6.30. The molecule has 0 aliphatic rings. The standard InChI is InChI=1S/C19H14ClN3O3/c20-13-5-3-4-12(8-13)9-21-17(24)11-23-18-14-6-1-2-7-16(14)26-19(25)15(18)10-22-23/h1-8,10H,9,11H2,(H,21,24). The van der Waals surface area contributed by atoms with E-state index in [0.717, 1.165) is 10.9 Å². The Balaban J connectivity index is 1.61. The Morgan fingerprint density at radius 2 is 2.00 bits per heavy atom. The highest BCUT2D eigenvalue weighted by atomic mass is 35.5. The molecule has 0 saturated heterocycles. The van der Waals surface area contributed by atoms with E-state index in [4.69, 9.17) is 16.0 Å². The van der Waals surface area contributed by atoms with Gasteiger partial charge in [-0.1, -0.05) is 35.9 Å². The smallest absolute Gasteiger partial charge is 0.347 e. The molecule has 0 bridgehead atoms. The van der Waals surface area contributed by atoms with Crippen molar-refractivity contribution in [1.82, 2.24) is 15.1 Å². The van der Waals surface area contributed by atoms with Gasteiger partial charge in [0.05, 0.1) is 11.7 Å². The molecule has 1 N–H and O–H groups in total. The van der Waals surface area contributed by atoms with Gasteiger partial charge in [-0.25, -0.2) is 4.79 Å². The second-order valence-corrected chi connectivity index (χ2v) is 6.29. The molecule has 0 aliphatic carbocycles. The molecular weight excluding hydrogens is 354 g/mol. The van der Waals surface area contributed by atoms with Gasteiger partial charge in [0.1, 0.15) is 17.5 Å². The van der Waals surface area contributed by atoms with Gasteiger partial charge in [-0.2, -0.15) is 5.10 Å². The van der Waals surface area contributed by atoms with Crippen molar-refractivity contribution >= 4 is 39.4 Å². The van der Waals surface area contributed by atoms with Crippen LogP contribution in [0.1, 0.15) is 5.56 Å². The first kappa shape index (κ1) is 16.4. The van der Waals surface area contributed by atoms with Crippen molar-refractivity contribution in [3.05, 3.63) is 75.7 Å². The van der Waals surface area contributed by atoms with Crippen LogP contribution in [0.4, 0.5) is 0 Å². The molecule has 7 heteroatoms. The number of benzene rings is 2. The Morgan fingerprint density at radius 1 is 1.15 bits per heavy atom. The van der Waals surface area contributed by atoms with Crippen molar-refractivity contribution in [2.75, 3.05) is 0 Å². The molecule has 2 heterocycles. The van der Waals surface area contributed by atoms with Crippen LogP contribution < -0.4 is 10.9 Å². The summed E-state index contributed by atoms with van der Waals surface area (Å²) in [6, 6.07) is 14.5. The van der Waals surface area contributed by atoms with Gasteiger partial charge in [0.2, 0.25) is 5.91 Å². The fraction of sp³-hybridized carbons (Fsp3) is 0.105. The number of nitrogens with zero attached hydrogens (tertiary/aromatic N) is 2. The summed E-state index contributed by atoms with van der Waals surface area (Å²) in [4.78, 5) is 24.4. The number of hydrogen-bond acceptors (Lipinski definition) is 4. The minimum absolute atomic E-state index is 0.00247. The first-order chi connectivity index (χ1) is 12.6. The molecule has 1 amide bonds. The molecule has 0 radical (unpaired) electrons. The van der Waals surface area contributed by atoms with E-state index < -0.39 is 5.63 Å². The second-order valence-electron chi connectivity index (χ2n) is 5.86. The van der Waals surface area contributed by atoms with E-state index in [0.29, 0.717) is 28.1 Å². The molecule has 0 aliphatic heterocycles. The van der Waals surface area contributed by atoms with E-state index in [2.05, 4.69) is 10.4 Å². The SMILES string of the molecule is O=C(Cn1ncc2c(=O)oc3ccccc3c21)NCc1cccc(Cl)c1. The molecule has 0 spiro atoms. The number of hydrogen-bond donors (Lipinski definition) is 1. The molecule has 6 nitrogen and oxygen atoms in total.